The number of nitrogens with zero attached hydrogens (tertiary/aromatic N) is 2. The van der Waals surface area contributed by atoms with Crippen LogP contribution in [0.4, 0.5) is 10.1 Å². The molecule has 0 fully saturated rings. The number of aryl methyl sites for hydroxylation is 2. The van der Waals surface area contributed by atoms with Crippen LogP contribution in [-0.2, 0) is 32.6 Å². The standard InChI is InChI=1S/C33H42FN3O4S/c1-5-6-20-35-33(39)31(23-27-11-8-7-9-12-27)36(24-28-15-17-29(34)18-16-28)32(38)13-10-21-37(42(4,40)41)30-19-14-25(2)26(3)22-30/h7-9,11-12,14-19,22,31H,5-6,10,13,20-21,23-24H2,1-4H3,(H,35,39)/t31-/m1/s1. The maximum absolute atomic E-state index is 13.9. The van der Waals surface area contributed by atoms with E-state index in [1.807, 2.05) is 63.2 Å². The highest BCUT2D eigenvalue weighted by Gasteiger charge is 2.30. The number of hydrogen-bond donors (Lipinski definition) is 1. The van der Waals surface area contributed by atoms with Gasteiger partial charge in [-0.2, -0.15) is 0 Å². The maximum Gasteiger partial charge on any atom is 0.243 e. The molecule has 1 N–H and O–H groups in total. The molecule has 3 aromatic rings. The third-order valence-electron chi connectivity index (χ3n) is 7.30. The van der Waals surface area contributed by atoms with Crippen LogP contribution in [0.25, 0.3) is 0 Å². The van der Waals surface area contributed by atoms with Crippen molar-refractivity contribution in [1.82, 2.24) is 10.2 Å². The number of anilines is 1. The third-order valence-corrected chi connectivity index (χ3v) is 8.49. The molecule has 0 spiro atoms. The van der Waals surface area contributed by atoms with Crippen molar-refractivity contribution in [3.05, 3.63) is 101 Å². The average Bonchev–Trinajstić information content (AvgIpc) is 2.95. The zero-order valence-electron chi connectivity index (χ0n) is 25.0. The second kappa shape index (κ2) is 15.5. The van der Waals surface area contributed by atoms with Crippen LogP contribution in [0.3, 0.4) is 0 Å². The molecule has 226 valence electrons. The van der Waals surface area contributed by atoms with Crippen molar-refractivity contribution in [1.29, 1.82) is 0 Å². The van der Waals surface area contributed by atoms with Gasteiger partial charge in [0.1, 0.15) is 11.9 Å². The molecule has 0 bridgehead atoms. The summed E-state index contributed by atoms with van der Waals surface area (Å²) in [5.41, 5.74) is 4.18. The fourth-order valence-electron chi connectivity index (χ4n) is 4.73. The summed E-state index contributed by atoms with van der Waals surface area (Å²) in [5.74, 6) is -0.919. The largest absolute Gasteiger partial charge is 0.354 e. The van der Waals surface area contributed by atoms with Crippen LogP contribution in [-0.4, -0.2) is 50.5 Å². The number of hydrogen-bond acceptors (Lipinski definition) is 4. The summed E-state index contributed by atoms with van der Waals surface area (Å²) in [4.78, 5) is 28.9. The molecule has 0 saturated carbocycles. The smallest absolute Gasteiger partial charge is 0.243 e. The van der Waals surface area contributed by atoms with Crippen LogP contribution >= 0.6 is 0 Å². The first-order valence-corrected chi connectivity index (χ1v) is 16.2. The van der Waals surface area contributed by atoms with E-state index in [0.29, 0.717) is 24.2 Å². The lowest BCUT2D eigenvalue weighted by Gasteiger charge is -2.32. The van der Waals surface area contributed by atoms with Crippen molar-refractivity contribution >= 4 is 27.5 Å². The van der Waals surface area contributed by atoms with Gasteiger partial charge in [-0.15, -0.1) is 0 Å². The molecule has 0 aliphatic rings. The lowest BCUT2D eigenvalue weighted by molar-refractivity contribution is -0.141. The molecule has 0 aliphatic heterocycles. The van der Waals surface area contributed by atoms with E-state index in [1.165, 1.54) is 16.4 Å². The molecular formula is C33H42FN3O4S. The quantitative estimate of drug-likeness (QED) is 0.234. The molecule has 1 atom stereocenters. The molecule has 0 saturated heterocycles. The number of sulfonamides is 1. The Morgan fingerprint density at radius 1 is 0.905 bits per heavy atom. The van der Waals surface area contributed by atoms with Crippen molar-refractivity contribution in [2.75, 3.05) is 23.7 Å². The van der Waals surface area contributed by atoms with Crippen molar-refractivity contribution < 1.29 is 22.4 Å². The van der Waals surface area contributed by atoms with Crippen LogP contribution in [0.15, 0.2) is 72.8 Å². The summed E-state index contributed by atoms with van der Waals surface area (Å²) >= 11 is 0. The van der Waals surface area contributed by atoms with E-state index < -0.39 is 16.1 Å². The number of amides is 2. The minimum absolute atomic E-state index is 0.0333. The Bertz CT molecular complexity index is 1430. The van der Waals surface area contributed by atoms with Gasteiger partial charge in [0.25, 0.3) is 0 Å². The molecule has 2 amide bonds. The molecule has 9 heteroatoms. The highest BCUT2D eigenvalue weighted by atomic mass is 32.2. The normalized spacial score (nSPS) is 12.0. The van der Waals surface area contributed by atoms with Gasteiger partial charge in [-0.1, -0.05) is 61.9 Å². The molecule has 7 nitrogen and oxygen atoms in total. The van der Waals surface area contributed by atoms with E-state index in [9.17, 15) is 22.4 Å². The Morgan fingerprint density at radius 3 is 2.21 bits per heavy atom. The van der Waals surface area contributed by atoms with Crippen molar-refractivity contribution in [2.24, 2.45) is 0 Å². The van der Waals surface area contributed by atoms with E-state index in [-0.39, 0.29) is 43.6 Å². The summed E-state index contributed by atoms with van der Waals surface area (Å²) in [6.07, 6.45) is 3.49. The molecule has 0 heterocycles. The fourth-order valence-corrected chi connectivity index (χ4v) is 5.69. The Hall–Kier alpha value is -3.72. The first kappa shape index (κ1) is 32.8. The number of carbonyl (C=O) groups excluding carboxylic acids is 2. The van der Waals surface area contributed by atoms with Gasteiger partial charge in [-0.05, 0) is 73.2 Å². The first-order valence-electron chi connectivity index (χ1n) is 14.4. The van der Waals surface area contributed by atoms with E-state index in [4.69, 9.17) is 0 Å². The Kier molecular flexibility index (Phi) is 12.1. The molecule has 3 rings (SSSR count). The lowest BCUT2D eigenvalue weighted by Crippen LogP contribution is -2.50. The highest BCUT2D eigenvalue weighted by Crippen LogP contribution is 2.23. The predicted molar refractivity (Wildman–Crippen MR) is 166 cm³/mol. The minimum Gasteiger partial charge on any atom is -0.354 e. The summed E-state index contributed by atoms with van der Waals surface area (Å²) < 4.78 is 40.3. The Labute approximate surface area is 249 Å². The van der Waals surface area contributed by atoms with Gasteiger partial charge >= 0.3 is 0 Å². The van der Waals surface area contributed by atoms with Crippen LogP contribution < -0.4 is 9.62 Å². The van der Waals surface area contributed by atoms with Gasteiger partial charge in [-0.25, -0.2) is 12.8 Å². The third kappa shape index (κ3) is 9.69. The van der Waals surface area contributed by atoms with E-state index in [0.717, 1.165) is 35.8 Å². The summed E-state index contributed by atoms with van der Waals surface area (Å²) in [6.45, 7) is 6.65. The number of benzene rings is 3. The average molecular weight is 596 g/mol. The zero-order chi connectivity index (χ0) is 30.7. The number of carbonyl (C=O) groups is 2. The van der Waals surface area contributed by atoms with Crippen LogP contribution in [0, 0.1) is 19.7 Å². The highest BCUT2D eigenvalue weighted by molar-refractivity contribution is 7.92. The SMILES string of the molecule is CCCCNC(=O)[C@@H](Cc1ccccc1)N(Cc1ccc(F)cc1)C(=O)CCCN(c1ccc(C)c(C)c1)S(C)(=O)=O. The van der Waals surface area contributed by atoms with Crippen molar-refractivity contribution in [2.45, 2.75) is 65.5 Å². The number of rotatable bonds is 15. The van der Waals surface area contributed by atoms with Gasteiger partial charge in [0, 0.05) is 32.5 Å². The van der Waals surface area contributed by atoms with Crippen molar-refractivity contribution in [3.8, 4) is 0 Å². The second-order valence-electron chi connectivity index (χ2n) is 10.7. The number of halogens is 1. The van der Waals surface area contributed by atoms with Crippen LogP contribution in [0.5, 0.6) is 0 Å². The number of nitrogens with one attached hydrogen (secondary N) is 1. The molecule has 0 radical (unpaired) electrons. The fraction of sp³-hybridized carbons (Fsp3) is 0.394. The Balaban J connectivity index is 1.87. The summed E-state index contributed by atoms with van der Waals surface area (Å²) in [7, 11) is -3.59. The van der Waals surface area contributed by atoms with Crippen LogP contribution in [0.2, 0.25) is 0 Å². The number of unbranched alkanes of at least 4 members (excludes halogenated alkanes) is 1. The minimum atomic E-state index is -3.59. The van der Waals surface area contributed by atoms with E-state index >= 15 is 0 Å². The van der Waals surface area contributed by atoms with Crippen LogP contribution in [0.1, 0.15) is 54.9 Å². The summed E-state index contributed by atoms with van der Waals surface area (Å²) in [6, 6.07) is 20.1. The first-order chi connectivity index (χ1) is 20.0. The van der Waals surface area contributed by atoms with Gasteiger partial charge in [0.05, 0.1) is 11.9 Å². The lowest BCUT2D eigenvalue weighted by atomic mass is 10.0. The van der Waals surface area contributed by atoms with Gasteiger partial charge < -0.3 is 10.2 Å². The van der Waals surface area contributed by atoms with Gasteiger partial charge in [-0.3, -0.25) is 13.9 Å². The van der Waals surface area contributed by atoms with Crippen molar-refractivity contribution in [3.63, 3.8) is 0 Å². The monoisotopic (exact) mass is 595 g/mol. The second-order valence-corrected chi connectivity index (χ2v) is 12.6. The van der Waals surface area contributed by atoms with E-state index in [2.05, 4.69) is 5.32 Å². The van der Waals surface area contributed by atoms with Gasteiger partial charge in [0.2, 0.25) is 21.8 Å². The Morgan fingerprint density at radius 2 is 1.60 bits per heavy atom. The molecule has 0 aromatic heterocycles. The molecular weight excluding hydrogens is 553 g/mol. The summed E-state index contributed by atoms with van der Waals surface area (Å²) in [5, 5.41) is 2.98. The topological polar surface area (TPSA) is 86.8 Å². The van der Waals surface area contributed by atoms with E-state index in [1.54, 1.807) is 23.1 Å². The maximum atomic E-state index is 13.9. The molecule has 0 unspecified atom stereocenters. The molecule has 0 aliphatic carbocycles. The zero-order valence-corrected chi connectivity index (χ0v) is 25.8. The predicted octanol–water partition coefficient (Wildman–Crippen LogP) is 5.55. The molecule has 3 aromatic carbocycles. The molecule has 42 heavy (non-hydrogen) atoms. The van der Waals surface area contributed by atoms with Gasteiger partial charge in [0.15, 0.2) is 0 Å².